The first kappa shape index (κ1) is 19.5. The largest absolute Gasteiger partial charge is 0.508 e. The van der Waals surface area contributed by atoms with E-state index in [2.05, 4.69) is 10.6 Å². The average Bonchev–Trinajstić information content (AvgIpc) is 2.67. The number of phenolic OH excluding ortho intramolecular Hbond substituents is 1. The van der Waals surface area contributed by atoms with Crippen molar-refractivity contribution in [3.05, 3.63) is 46.1 Å². The summed E-state index contributed by atoms with van der Waals surface area (Å²) in [5, 5.41) is 16.0. The maximum atomic E-state index is 13.2. The standard InChI is InChI=1S/C20H23N3O5/c1-21-20(26)27-11-12-4-6-15(22-8-9-23(2)3)17-18(25)14-10-13(24)5-7-16(14)28-19(12)17/h4-7,10,22,24H,8-9,11H2,1-3H3,(H,21,26). The Morgan fingerprint density at radius 3 is 2.75 bits per heavy atom. The predicted molar refractivity (Wildman–Crippen MR) is 108 cm³/mol. The van der Waals surface area contributed by atoms with E-state index >= 15 is 0 Å². The van der Waals surface area contributed by atoms with E-state index in [9.17, 15) is 14.7 Å². The van der Waals surface area contributed by atoms with Crippen molar-refractivity contribution < 1.29 is 19.1 Å². The zero-order valence-corrected chi connectivity index (χ0v) is 16.0. The molecular formula is C20H23N3O5. The second-order valence-corrected chi connectivity index (χ2v) is 6.64. The molecule has 0 fully saturated rings. The number of rotatable bonds is 6. The van der Waals surface area contributed by atoms with Gasteiger partial charge in [0.25, 0.3) is 0 Å². The normalized spacial score (nSPS) is 11.1. The van der Waals surface area contributed by atoms with Crippen LogP contribution < -0.4 is 16.1 Å². The molecule has 1 amide bonds. The van der Waals surface area contributed by atoms with Crippen molar-refractivity contribution in [3.63, 3.8) is 0 Å². The number of hydrogen-bond acceptors (Lipinski definition) is 7. The predicted octanol–water partition coefficient (Wildman–Crippen LogP) is 2.48. The summed E-state index contributed by atoms with van der Waals surface area (Å²) >= 11 is 0. The van der Waals surface area contributed by atoms with Crippen molar-refractivity contribution >= 4 is 33.7 Å². The fourth-order valence-corrected chi connectivity index (χ4v) is 2.89. The Balaban J connectivity index is 2.15. The lowest BCUT2D eigenvalue weighted by Gasteiger charge is -2.15. The Hall–Kier alpha value is -3.26. The number of anilines is 1. The first-order chi connectivity index (χ1) is 13.4. The van der Waals surface area contributed by atoms with Gasteiger partial charge in [0, 0.05) is 31.4 Å². The lowest BCUT2D eigenvalue weighted by Crippen LogP contribution is -2.21. The van der Waals surface area contributed by atoms with Gasteiger partial charge in [0.2, 0.25) is 5.43 Å². The number of carbonyl (C=O) groups excluding carboxylic acids is 1. The smallest absolute Gasteiger partial charge is 0.407 e. The number of alkyl carbamates (subject to hydrolysis) is 1. The van der Waals surface area contributed by atoms with Crippen LogP contribution >= 0.6 is 0 Å². The highest BCUT2D eigenvalue weighted by Gasteiger charge is 2.16. The number of ether oxygens (including phenoxy) is 1. The maximum Gasteiger partial charge on any atom is 0.407 e. The number of benzene rings is 2. The summed E-state index contributed by atoms with van der Waals surface area (Å²) in [6, 6.07) is 7.92. The number of carbonyl (C=O) groups is 1. The quantitative estimate of drug-likeness (QED) is 0.560. The molecule has 0 aliphatic heterocycles. The molecule has 0 bridgehead atoms. The van der Waals surface area contributed by atoms with Crippen molar-refractivity contribution in [1.82, 2.24) is 10.2 Å². The molecule has 2 aromatic carbocycles. The molecule has 0 radical (unpaired) electrons. The van der Waals surface area contributed by atoms with Gasteiger partial charge in [-0.15, -0.1) is 0 Å². The van der Waals surface area contributed by atoms with Crippen LogP contribution in [0.2, 0.25) is 0 Å². The molecule has 0 aliphatic carbocycles. The molecule has 0 saturated heterocycles. The van der Waals surface area contributed by atoms with E-state index in [1.807, 2.05) is 19.0 Å². The van der Waals surface area contributed by atoms with E-state index in [0.29, 0.717) is 34.3 Å². The topological polar surface area (TPSA) is 104 Å². The van der Waals surface area contributed by atoms with Crippen LogP contribution in [0.25, 0.3) is 21.9 Å². The van der Waals surface area contributed by atoms with E-state index < -0.39 is 6.09 Å². The van der Waals surface area contributed by atoms with Gasteiger partial charge < -0.3 is 29.8 Å². The monoisotopic (exact) mass is 385 g/mol. The minimum atomic E-state index is -0.575. The summed E-state index contributed by atoms with van der Waals surface area (Å²) in [7, 11) is 5.39. The lowest BCUT2D eigenvalue weighted by atomic mass is 10.1. The molecule has 3 rings (SSSR count). The van der Waals surface area contributed by atoms with Gasteiger partial charge in [-0.1, -0.05) is 0 Å². The second kappa shape index (κ2) is 8.18. The average molecular weight is 385 g/mol. The van der Waals surface area contributed by atoms with Gasteiger partial charge in [-0.05, 0) is 44.4 Å². The third kappa shape index (κ3) is 4.01. The molecule has 8 heteroatoms. The van der Waals surface area contributed by atoms with Gasteiger partial charge in [-0.3, -0.25) is 4.79 Å². The number of phenols is 1. The Bertz CT molecular complexity index is 1070. The minimum absolute atomic E-state index is 0.0135. The third-order valence-electron chi connectivity index (χ3n) is 4.32. The number of amides is 1. The van der Waals surface area contributed by atoms with Gasteiger partial charge in [0.15, 0.2) is 0 Å². The summed E-state index contributed by atoms with van der Waals surface area (Å²) in [6.45, 7) is 1.37. The first-order valence-electron chi connectivity index (χ1n) is 8.85. The van der Waals surface area contributed by atoms with Gasteiger partial charge in [-0.25, -0.2) is 4.79 Å². The number of nitrogens with zero attached hydrogens (tertiary/aromatic N) is 1. The van der Waals surface area contributed by atoms with Crippen LogP contribution in [0, 0.1) is 0 Å². The molecule has 28 heavy (non-hydrogen) atoms. The highest BCUT2D eigenvalue weighted by atomic mass is 16.5. The number of nitrogens with one attached hydrogen (secondary N) is 2. The third-order valence-corrected chi connectivity index (χ3v) is 4.32. The van der Waals surface area contributed by atoms with Gasteiger partial charge in [0.1, 0.15) is 23.5 Å². The fourth-order valence-electron chi connectivity index (χ4n) is 2.89. The molecular weight excluding hydrogens is 362 g/mol. The van der Waals surface area contributed by atoms with Crippen molar-refractivity contribution in [2.24, 2.45) is 0 Å². The number of aromatic hydroxyl groups is 1. The summed E-state index contributed by atoms with van der Waals surface area (Å²) < 4.78 is 11.1. The van der Waals surface area contributed by atoms with E-state index in [0.717, 1.165) is 6.54 Å². The van der Waals surface area contributed by atoms with Crippen LogP contribution in [0.3, 0.4) is 0 Å². The van der Waals surface area contributed by atoms with E-state index in [1.54, 1.807) is 18.2 Å². The van der Waals surface area contributed by atoms with E-state index in [1.165, 1.54) is 19.2 Å². The molecule has 0 spiro atoms. The van der Waals surface area contributed by atoms with Crippen molar-refractivity contribution in [2.45, 2.75) is 6.61 Å². The zero-order chi connectivity index (χ0) is 20.3. The molecule has 0 aliphatic rings. The fraction of sp³-hybridized carbons (Fsp3) is 0.300. The van der Waals surface area contributed by atoms with Crippen LogP contribution in [-0.2, 0) is 11.3 Å². The van der Waals surface area contributed by atoms with Gasteiger partial charge >= 0.3 is 6.09 Å². The molecule has 0 saturated carbocycles. The molecule has 8 nitrogen and oxygen atoms in total. The molecule has 0 unspecified atom stereocenters. The highest BCUT2D eigenvalue weighted by molar-refractivity contribution is 5.98. The van der Waals surface area contributed by atoms with Crippen molar-refractivity contribution in [2.75, 3.05) is 39.5 Å². The summed E-state index contributed by atoms with van der Waals surface area (Å²) in [4.78, 5) is 26.6. The molecule has 1 heterocycles. The first-order valence-corrected chi connectivity index (χ1v) is 8.85. The van der Waals surface area contributed by atoms with Gasteiger partial charge in [0.05, 0.1) is 10.8 Å². The molecule has 148 valence electrons. The zero-order valence-electron chi connectivity index (χ0n) is 16.0. The SMILES string of the molecule is CNC(=O)OCc1ccc(NCCN(C)C)c2c(=O)c3cc(O)ccc3oc12. The maximum absolute atomic E-state index is 13.2. The van der Waals surface area contributed by atoms with Crippen LogP contribution in [0.15, 0.2) is 39.5 Å². The Kier molecular flexibility index (Phi) is 5.70. The van der Waals surface area contributed by atoms with Crippen molar-refractivity contribution in [1.29, 1.82) is 0 Å². The number of likely N-dealkylation sites (N-methyl/N-ethyl adjacent to an activating group) is 1. The number of fused-ring (bicyclic) bond motifs is 2. The summed E-state index contributed by atoms with van der Waals surface area (Å²) in [5.74, 6) is -0.0135. The molecule has 1 aromatic heterocycles. The minimum Gasteiger partial charge on any atom is -0.508 e. The Labute approximate surface area is 161 Å². The number of hydrogen-bond donors (Lipinski definition) is 3. The van der Waals surface area contributed by atoms with Crippen LogP contribution in [-0.4, -0.2) is 50.3 Å². The van der Waals surface area contributed by atoms with E-state index in [-0.39, 0.29) is 23.2 Å². The summed E-state index contributed by atoms with van der Waals surface area (Å²) in [5.41, 5.74) is 1.63. The van der Waals surface area contributed by atoms with Crippen LogP contribution in [0.1, 0.15) is 5.56 Å². The van der Waals surface area contributed by atoms with Crippen LogP contribution in [0.5, 0.6) is 5.75 Å². The van der Waals surface area contributed by atoms with Gasteiger partial charge in [-0.2, -0.15) is 0 Å². The highest BCUT2D eigenvalue weighted by Crippen LogP contribution is 2.29. The molecule has 3 N–H and O–H groups in total. The van der Waals surface area contributed by atoms with E-state index in [4.69, 9.17) is 9.15 Å². The van der Waals surface area contributed by atoms with Crippen LogP contribution in [0.4, 0.5) is 10.5 Å². The van der Waals surface area contributed by atoms with Crippen molar-refractivity contribution in [3.8, 4) is 5.75 Å². The Morgan fingerprint density at radius 2 is 2.04 bits per heavy atom. The second-order valence-electron chi connectivity index (χ2n) is 6.64. The lowest BCUT2D eigenvalue weighted by molar-refractivity contribution is 0.142. The Morgan fingerprint density at radius 1 is 1.25 bits per heavy atom. The molecule has 3 aromatic rings. The molecule has 0 atom stereocenters. The summed E-state index contributed by atoms with van der Waals surface area (Å²) in [6.07, 6.45) is -0.575.